The van der Waals surface area contributed by atoms with E-state index >= 15 is 0 Å². The van der Waals surface area contributed by atoms with Crippen molar-refractivity contribution in [2.45, 2.75) is 33.2 Å². The predicted molar refractivity (Wildman–Crippen MR) is 76.8 cm³/mol. The molecule has 19 heavy (non-hydrogen) atoms. The Morgan fingerprint density at radius 1 is 1.47 bits per heavy atom. The molecule has 4 nitrogen and oxygen atoms in total. The molecule has 1 fully saturated rings. The zero-order chi connectivity index (χ0) is 13.4. The van der Waals surface area contributed by atoms with Gasteiger partial charge >= 0.3 is 0 Å². The molecule has 1 N–H and O–H groups in total. The van der Waals surface area contributed by atoms with Crippen molar-refractivity contribution in [2.75, 3.05) is 6.54 Å². The van der Waals surface area contributed by atoms with Crippen molar-refractivity contribution < 1.29 is 0 Å². The second-order valence-corrected chi connectivity index (χ2v) is 5.87. The highest BCUT2D eigenvalue weighted by molar-refractivity contribution is 5.78. The summed E-state index contributed by atoms with van der Waals surface area (Å²) in [5.41, 5.74) is 3.26. The number of nitrogens with one attached hydrogen (secondary N) is 1. The molecule has 1 aliphatic carbocycles. The third-order valence-corrected chi connectivity index (χ3v) is 4.14. The summed E-state index contributed by atoms with van der Waals surface area (Å²) in [5, 5.41) is 9.12. The largest absolute Gasteiger partial charge is 0.312 e. The molecule has 1 unspecified atom stereocenters. The maximum Gasteiger partial charge on any atom is 0.157 e. The summed E-state index contributed by atoms with van der Waals surface area (Å²) >= 11 is 0. The Balaban J connectivity index is 1.65. The number of nitrogens with zero attached hydrogens (tertiary/aromatic N) is 3. The Morgan fingerprint density at radius 2 is 2.26 bits per heavy atom. The maximum absolute atomic E-state index is 4.51. The molecule has 0 amide bonds. The highest BCUT2D eigenvalue weighted by Crippen LogP contribution is 2.36. The number of aromatic nitrogens is 3. The SMILES string of the molecule is Cc1nn(C)c2ncc(CNCC(C)C3CC3)cc12. The third-order valence-electron chi connectivity index (χ3n) is 4.14. The van der Waals surface area contributed by atoms with E-state index in [0.29, 0.717) is 0 Å². The van der Waals surface area contributed by atoms with Crippen molar-refractivity contribution in [3.8, 4) is 0 Å². The molecule has 3 rings (SSSR count). The summed E-state index contributed by atoms with van der Waals surface area (Å²) in [6, 6.07) is 2.21. The Hall–Kier alpha value is -1.42. The molecule has 1 atom stereocenters. The van der Waals surface area contributed by atoms with E-state index in [2.05, 4.69) is 28.4 Å². The van der Waals surface area contributed by atoms with Gasteiger partial charge < -0.3 is 5.32 Å². The first-order chi connectivity index (χ1) is 9.15. The van der Waals surface area contributed by atoms with E-state index in [1.54, 1.807) is 0 Å². The van der Waals surface area contributed by atoms with Crippen molar-refractivity contribution in [3.05, 3.63) is 23.5 Å². The standard InChI is InChI=1S/C15H22N4/c1-10(13-4-5-13)7-16-8-12-6-14-11(2)18-19(3)15(14)17-9-12/h6,9-10,13,16H,4-5,7-8H2,1-3H3. The summed E-state index contributed by atoms with van der Waals surface area (Å²) in [6.07, 6.45) is 4.80. The monoisotopic (exact) mass is 258 g/mol. The van der Waals surface area contributed by atoms with Gasteiger partial charge in [-0.3, -0.25) is 4.68 Å². The van der Waals surface area contributed by atoms with Crippen LogP contribution in [0.4, 0.5) is 0 Å². The Kier molecular flexibility index (Phi) is 3.27. The highest BCUT2D eigenvalue weighted by atomic mass is 15.3. The minimum atomic E-state index is 0.803. The van der Waals surface area contributed by atoms with Gasteiger partial charge in [0, 0.05) is 25.2 Å². The lowest BCUT2D eigenvalue weighted by Gasteiger charge is -2.11. The molecule has 0 spiro atoms. The van der Waals surface area contributed by atoms with Gasteiger partial charge in [-0.15, -0.1) is 0 Å². The van der Waals surface area contributed by atoms with Crippen LogP contribution in [0.1, 0.15) is 31.0 Å². The zero-order valence-electron chi connectivity index (χ0n) is 12.0. The van der Waals surface area contributed by atoms with Crippen molar-refractivity contribution >= 4 is 11.0 Å². The van der Waals surface area contributed by atoms with Crippen LogP contribution in [0.15, 0.2) is 12.3 Å². The summed E-state index contributed by atoms with van der Waals surface area (Å²) < 4.78 is 1.84. The van der Waals surface area contributed by atoms with Crippen LogP contribution in [0.3, 0.4) is 0 Å². The highest BCUT2D eigenvalue weighted by Gasteiger charge is 2.27. The molecule has 0 aliphatic heterocycles. The minimum absolute atomic E-state index is 0.803. The average molecular weight is 258 g/mol. The Labute approximate surface area is 114 Å². The van der Waals surface area contributed by atoms with Crippen LogP contribution in [0.2, 0.25) is 0 Å². The van der Waals surface area contributed by atoms with E-state index in [-0.39, 0.29) is 0 Å². The molecule has 102 valence electrons. The fourth-order valence-corrected chi connectivity index (χ4v) is 2.72. The minimum Gasteiger partial charge on any atom is -0.312 e. The molecular formula is C15H22N4. The van der Waals surface area contributed by atoms with Crippen LogP contribution in [-0.2, 0) is 13.6 Å². The lowest BCUT2D eigenvalue weighted by atomic mass is 10.1. The molecule has 2 aromatic heterocycles. The smallest absolute Gasteiger partial charge is 0.157 e. The molecule has 0 aromatic carbocycles. The van der Waals surface area contributed by atoms with E-state index in [1.165, 1.54) is 18.4 Å². The number of rotatable bonds is 5. The van der Waals surface area contributed by atoms with Crippen LogP contribution in [0.25, 0.3) is 11.0 Å². The zero-order valence-corrected chi connectivity index (χ0v) is 12.0. The maximum atomic E-state index is 4.51. The first-order valence-corrected chi connectivity index (χ1v) is 7.14. The fourth-order valence-electron chi connectivity index (χ4n) is 2.72. The van der Waals surface area contributed by atoms with Crippen molar-refractivity contribution in [2.24, 2.45) is 18.9 Å². The van der Waals surface area contributed by atoms with Gasteiger partial charge in [0.25, 0.3) is 0 Å². The summed E-state index contributed by atoms with van der Waals surface area (Å²) in [7, 11) is 1.94. The van der Waals surface area contributed by atoms with E-state index in [9.17, 15) is 0 Å². The van der Waals surface area contributed by atoms with Gasteiger partial charge in [0.2, 0.25) is 0 Å². The first-order valence-electron chi connectivity index (χ1n) is 7.14. The van der Waals surface area contributed by atoms with Crippen LogP contribution >= 0.6 is 0 Å². The van der Waals surface area contributed by atoms with Gasteiger partial charge in [0.05, 0.1) is 5.69 Å². The van der Waals surface area contributed by atoms with Crippen LogP contribution in [0.5, 0.6) is 0 Å². The number of hydrogen-bond donors (Lipinski definition) is 1. The average Bonchev–Trinajstić information content (AvgIpc) is 3.18. The molecule has 2 heterocycles. The molecule has 0 saturated heterocycles. The fraction of sp³-hybridized carbons (Fsp3) is 0.600. The molecule has 1 aliphatic rings. The molecule has 1 saturated carbocycles. The van der Waals surface area contributed by atoms with Gasteiger partial charge in [-0.2, -0.15) is 5.10 Å². The van der Waals surface area contributed by atoms with Gasteiger partial charge in [-0.25, -0.2) is 4.98 Å². The van der Waals surface area contributed by atoms with E-state index in [4.69, 9.17) is 0 Å². The van der Waals surface area contributed by atoms with Gasteiger partial charge in [0.15, 0.2) is 5.65 Å². The predicted octanol–water partition coefficient (Wildman–Crippen LogP) is 2.41. The number of pyridine rings is 1. The topological polar surface area (TPSA) is 42.7 Å². The molecule has 0 radical (unpaired) electrons. The number of fused-ring (bicyclic) bond motifs is 1. The van der Waals surface area contributed by atoms with Crippen LogP contribution in [-0.4, -0.2) is 21.3 Å². The second-order valence-electron chi connectivity index (χ2n) is 5.87. The Morgan fingerprint density at radius 3 is 3.00 bits per heavy atom. The normalized spacial score (nSPS) is 17.0. The van der Waals surface area contributed by atoms with Crippen molar-refractivity contribution in [1.82, 2.24) is 20.1 Å². The number of aryl methyl sites for hydroxylation is 2. The van der Waals surface area contributed by atoms with Gasteiger partial charge in [-0.05, 0) is 49.8 Å². The quantitative estimate of drug-likeness (QED) is 0.895. The third kappa shape index (κ3) is 2.63. The van der Waals surface area contributed by atoms with Crippen molar-refractivity contribution in [1.29, 1.82) is 0 Å². The summed E-state index contributed by atoms with van der Waals surface area (Å²) in [4.78, 5) is 4.51. The molecule has 2 aromatic rings. The van der Waals surface area contributed by atoms with Crippen LogP contribution < -0.4 is 5.32 Å². The van der Waals surface area contributed by atoms with Crippen molar-refractivity contribution in [3.63, 3.8) is 0 Å². The van der Waals surface area contributed by atoms with Crippen LogP contribution in [0, 0.1) is 18.8 Å². The second kappa shape index (κ2) is 4.93. The molecular weight excluding hydrogens is 236 g/mol. The summed E-state index contributed by atoms with van der Waals surface area (Å²) in [6.45, 7) is 6.39. The van der Waals surface area contributed by atoms with E-state index in [1.807, 2.05) is 24.9 Å². The lowest BCUT2D eigenvalue weighted by Crippen LogP contribution is -2.21. The molecule has 0 bridgehead atoms. The summed E-state index contributed by atoms with van der Waals surface area (Å²) in [5.74, 6) is 1.77. The molecule has 4 heteroatoms. The lowest BCUT2D eigenvalue weighted by molar-refractivity contribution is 0.461. The van der Waals surface area contributed by atoms with Gasteiger partial charge in [0.1, 0.15) is 0 Å². The van der Waals surface area contributed by atoms with E-state index < -0.39 is 0 Å². The first kappa shape index (κ1) is 12.6. The Bertz CT molecular complexity index is 583. The van der Waals surface area contributed by atoms with Gasteiger partial charge in [-0.1, -0.05) is 6.92 Å². The number of hydrogen-bond acceptors (Lipinski definition) is 3. The van der Waals surface area contributed by atoms with E-state index in [0.717, 1.165) is 41.7 Å².